The lowest BCUT2D eigenvalue weighted by atomic mass is 9.97. The highest BCUT2D eigenvalue weighted by molar-refractivity contribution is 7.92. The van der Waals surface area contributed by atoms with Crippen LogP contribution in [0.25, 0.3) is 10.9 Å². The van der Waals surface area contributed by atoms with Crippen LogP contribution in [-0.4, -0.2) is 34.3 Å². The number of benzene rings is 3. The van der Waals surface area contributed by atoms with Crippen LogP contribution in [0.1, 0.15) is 12.5 Å². The Morgan fingerprint density at radius 1 is 0.976 bits per heavy atom. The molecule has 208 valence electrons. The van der Waals surface area contributed by atoms with Crippen LogP contribution in [0.5, 0.6) is 0 Å². The largest absolute Gasteiger partial charge is 0.378 e. The number of imide groups is 1. The molecule has 1 N–H and O–H groups in total. The van der Waals surface area contributed by atoms with Crippen LogP contribution >= 0.6 is 23.2 Å². The van der Waals surface area contributed by atoms with Crippen LogP contribution in [-0.2, 0) is 19.6 Å². The number of nitrogens with zero attached hydrogens (tertiary/aromatic N) is 3. The second-order valence-electron chi connectivity index (χ2n) is 9.18. The minimum absolute atomic E-state index is 0.0112. The van der Waals surface area contributed by atoms with Gasteiger partial charge in [-0.1, -0.05) is 59.6 Å². The highest BCUT2D eigenvalue weighted by Gasteiger charge is 2.37. The summed E-state index contributed by atoms with van der Waals surface area (Å²) in [7, 11) is -0.305. The monoisotopic (exact) mass is 606 g/mol. The van der Waals surface area contributed by atoms with Gasteiger partial charge in [-0.05, 0) is 66.6 Å². The van der Waals surface area contributed by atoms with Crippen molar-refractivity contribution in [1.82, 2.24) is 0 Å². The molecule has 4 rings (SSSR count). The molecule has 0 aliphatic carbocycles. The van der Waals surface area contributed by atoms with Gasteiger partial charge in [-0.2, -0.15) is 0 Å². The van der Waals surface area contributed by atoms with Gasteiger partial charge in [0.2, 0.25) is 0 Å². The maximum absolute atomic E-state index is 13.6. The van der Waals surface area contributed by atoms with E-state index in [1.165, 1.54) is 55.5 Å². The van der Waals surface area contributed by atoms with Crippen LogP contribution in [0.2, 0.25) is 10.0 Å². The van der Waals surface area contributed by atoms with Gasteiger partial charge in [-0.3, -0.25) is 19.2 Å². The molecule has 1 aliphatic heterocycles. The number of carbonyl (C=O) groups excluding carboxylic acids is 2. The van der Waals surface area contributed by atoms with E-state index in [0.717, 1.165) is 16.2 Å². The molecule has 0 radical (unpaired) electrons. The average molecular weight is 608 g/mol. The third-order valence-electron chi connectivity index (χ3n) is 6.23. The van der Waals surface area contributed by atoms with E-state index in [-0.39, 0.29) is 43.2 Å². The van der Waals surface area contributed by atoms with Crippen LogP contribution in [0.3, 0.4) is 0 Å². The Hall–Kier alpha value is -4.36. The van der Waals surface area contributed by atoms with E-state index in [1.54, 1.807) is 12.2 Å². The number of hydrogen-bond acceptors (Lipinski definition) is 5. The van der Waals surface area contributed by atoms with E-state index in [2.05, 4.69) is 9.57 Å². The SMILES string of the molecule is [C-]#[N+]C1=C(C)/C(=C/C=Cc2ccc(N(C)C)cc2)C(=O)N(c2cccc(S(=O)(=O)Nc3cc(Cl)ccc3Cl)c2)C1=O. The first-order valence-corrected chi connectivity index (χ1v) is 14.4. The molecule has 0 aromatic heterocycles. The predicted octanol–water partition coefficient (Wildman–Crippen LogP) is 6.57. The Morgan fingerprint density at radius 2 is 1.68 bits per heavy atom. The second kappa shape index (κ2) is 12.0. The summed E-state index contributed by atoms with van der Waals surface area (Å²) in [4.78, 5) is 32.7. The lowest BCUT2D eigenvalue weighted by Crippen LogP contribution is -2.42. The molecular weight excluding hydrogens is 583 g/mol. The van der Waals surface area contributed by atoms with Gasteiger partial charge in [-0.15, -0.1) is 0 Å². The molecule has 0 bridgehead atoms. The zero-order valence-corrected chi connectivity index (χ0v) is 24.6. The quantitative estimate of drug-likeness (QED) is 0.187. The summed E-state index contributed by atoms with van der Waals surface area (Å²) in [5.41, 5.74) is 2.11. The standard InChI is InChI=1S/C30H24Cl2N4O4S/c1-19-25(10-5-7-20-11-14-22(15-12-20)35(3)4)29(37)36(30(38)28(19)33-2)23-8-6-9-24(18-23)41(39,40)34-27-17-21(31)13-16-26(27)32/h5-18,34H,1,3-4H3/b7-5?,25-10-. The van der Waals surface area contributed by atoms with Crippen molar-refractivity contribution >= 4 is 68.2 Å². The summed E-state index contributed by atoms with van der Waals surface area (Å²) in [6.45, 7) is 9.10. The van der Waals surface area contributed by atoms with Crippen molar-refractivity contribution in [2.45, 2.75) is 11.8 Å². The van der Waals surface area contributed by atoms with Crippen LogP contribution in [0, 0.1) is 6.57 Å². The second-order valence-corrected chi connectivity index (χ2v) is 11.7. The van der Waals surface area contributed by atoms with Crippen molar-refractivity contribution in [2.24, 2.45) is 0 Å². The van der Waals surface area contributed by atoms with Crippen molar-refractivity contribution in [3.8, 4) is 0 Å². The van der Waals surface area contributed by atoms with Gasteiger partial charge in [-0.25, -0.2) is 13.3 Å². The third-order valence-corrected chi connectivity index (χ3v) is 8.16. The topological polar surface area (TPSA) is 91.2 Å². The molecule has 3 aromatic rings. The van der Waals surface area contributed by atoms with Gasteiger partial charge < -0.3 is 4.90 Å². The van der Waals surface area contributed by atoms with E-state index in [0.29, 0.717) is 0 Å². The summed E-state index contributed by atoms with van der Waals surface area (Å²) < 4.78 is 28.7. The molecule has 0 fully saturated rings. The van der Waals surface area contributed by atoms with E-state index >= 15 is 0 Å². The molecule has 0 spiro atoms. The summed E-state index contributed by atoms with van der Waals surface area (Å²) in [6, 6.07) is 17.4. The Balaban J connectivity index is 1.68. The van der Waals surface area contributed by atoms with E-state index in [1.807, 2.05) is 43.3 Å². The smallest absolute Gasteiger partial charge is 0.264 e. The van der Waals surface area contributed by atoms with Crippen LogP contribution < -0.4 is 14.5 Å². The molecular formula is C30H24Cl2N4O4S. The fourth-order valence-electron chi connectivity index (χ4n) is 4.04. The number of carbonyl (C=O) groups is 2. The maximum Gasteiger partial charge on any atom is 0.264 e. The summed E-state index contributed by atoms with van der Waals surface area (Å²) in [5.74, 6) is -1.53. The Bertz CT molecular complexity index is 1790. The van der Waals surface area contributed by atoms with Gasteiger partial charge in [0.1, 0.15) is 0 Å². The number of rotatable bonds is 7. The molecule has 11 heteroatoms. The summed E-state index contributed by atoms with van der Waals surface area (Å²) in [5, 5.41) is 0.410. The van der Waals surface area contributed by atoms with Crippen molar-refractivity contribution in [3.05, 3.63) is 123 Å². The zero-order valence-electron chi connectivity index (χ0n) is 22.2. The highest BCUT2D eigenvalue weighted by Crippen LogP contribution is 2.33. The number of allylic oxidation sites excluding steroid dienone is 2. The molecule has 0 atom stereocenters. The van der Waals surface area contributed by atoms with Crippen molar-refractivity contribution in [2.75, 3.05) is 28.6 Å². The molecule has 3 aromatic carbocycles. The maximum atomic E-state index is 13.6. The average Bonchev–Trinajstić information content (AvgIpc) is 2.93. The molecule has 1 aliphatic rings. The Morgan fingerprint density at radius 3 is 2.34 bits per heavy atom. The first-order valence-electron chi connectivity index (χ1n) is 12.1. The molecule has 8 nitrogen and oxygen atoms in total. The normalized spacial score (nSPS) is 15.0. The van der Waals surface area contributed by atoms with Gasteiger partial charge >= 0.3 is 0 Å². The number of anilines is 3. The first kappa shape index (κ1) is 29.6. The number of nitrogens with one attached hydrogen (secondary N) is 1. The third kappa shape index (κ3) is 6.36. The summed E-state index contributed by atoms with van der Waals surface area (Å²) in [6.07, 6.45) is 4.99. The first-order chi connectivity index (χ1) is 19.4. The molecule has 0 unspecified atom stereocenters. The minimum atomic E-state index is -4.19. The van der Waals surface area contributed by atoms with Crippen LogP contribution in [0.4, 0.5) is 17.1 Å². The van der Waals surface area contributed by atoms with Gasteiger partial charge in [0.25, 0.3) is 27.5 Å². The zero-order chi connectivity index (χ0) is 29.9. The van der Waals surface area contributed by atoms with Crippen molar-refractivity contribution in [1.29, 1.82) is 0 Å². The van der Waals surface area contributed by atoms with E-state index in [9.17, 15) is 18.0 Å². The molecule has 41 heavy (non-hydrogen) atoms. The highest BCUT2D eigenvalue weighted by atomic mass is 35.5. The van der Waals surface area contributed by atoms with Gasteiger partial charge in [0.15, 0.2) is 0 Å². The predicted molar refractivity (Wildman–Crippen MR) is 163 cm³/mol. The number of hydrogen-bond donors (Lipinski definition) is 1. The van der Waals surface area contributed by atoms with Crippen molar-refractivity contribution in [3.63, 3.8) is 0 Å². The van der Waals surface area contributed by atoms with Crippen LogP contribution in [0.15, 0.2) is 101 Å². The lowest BCUT2D eigenvalue weighted by Gasteiger charge is -2.27. The Labute approximate surface area is 248 Å². The lowest BCUT2D eigenvalue weighted by molar-refractivity contribution is -0.123. The molecule has 0 saturated heterocycles. The summed E-state index contributed by atoms with van der Waals surface area (Å²) >= 11 is 12.1. The van der Waals surface area contributed by atoms with Gasteiger partial charge in [0, 0.05) is 30.4 Å². The fourth-order valence-corrected chi connectivity index (χ4v) is 5.54. The van der Waals surface area contributed by atoms with E-state index < -0.39 is 21.8 Å². The molecule has 1 heterocycles. The Kier molecular flexibility index (Phi) is 8.69. The van der Waals surface area contributed by atoms with Gasteiger partial charge in [0.05, 0.1) is 27.9 Å². The molecule has 0 saturated carbocycles. The number of sulfonamides is 1. The fraction of sp³-hybridized carbons (Fsp3) is 0.100. The van der Waals surface area contributed by atoms with E-state index in [4.69, 9.17) is 29.8 Å². The molecule has 2 amide bonds. The number of amides is 2. The minimum Gasteiger partial charge on any atom is -0.378 e. The van der Waals surface area contributed by atoms with Crippen molar-refractivity contribution < 1.29 is 18.0 Å². The number of halogens is 2.